The molecule has 1 unspecified atom stereocenters. The fourth-order valence-corrected chi connectivity index (χ4v) is 1.97. The summed E-state index contributed by atoms with van der Waals surface area (Å²) in [6, 6.07) is 0. The maximum atomic E-state index is 10.5. The highest BCUT2D eigenvalue weighted by Crippen LogP contribution is 2.30. The summed E-state index contributed by atoms with van der Waals surface area (Å²) < 4.78 is 4.80. The summed E-state index contributed by atoms with van der Waals surface area (Å²) in [7, 11) is 0. The molecule has 4 heteroatoms. The molecule has 1 N–H and O–H groups in total. The third-order valence-electron chi connectivity index (χ3n) is 2.73. The van der Waals surface area contributed by atoms with E-state index >= 15 is 0 Å². The summed E-state index contributed by atoms with van der Waals surface area (Å²) in [5.74, 6) is 0.0205. The van der Waals surface area contributed by atoms with Crippen LogP contribution in [0.1, 0.15) is 47.0 Å². The molecule has 18 heavy (non-hydrogen) atoms. The van der Waals surface area contributed by atoms with Crippen LogP contribution in [0.4, 0.5) is 0 Å². The number of hydrogen-bond donors (Lipinski definition) is 1. The summed E-state index contributed by atoms with van der Waals surface area (Å²) in [5.41, 5.74) is 0.201. The topological polar surface area (TPSA) is 58.9 Å². The van der Waals surface area contributed by atoms with Gasteiger partial charge in [-0.15, -0.1) is 5.16 Å². The monoisotopic (exact) mass is 255 g/mol. The smallest absolute Gasteiger partial charge is 0.302 e. The lowest BCUT2D eigenvalue weighted by molar-refractivity contribution is -0.139. The van der Waals surface area contributed by atoms with Gasteiger partial charge < -0.3 is 9.94 Å². The second-order valence-electron chi connectivity index (χ2n) is 5.42. The molecule has 0 rings (SSSR count). The van der Waals surface area contributed by atoms with Crippen molar-refractivity contribution in [3.8, 4) is 0 Å². The molecule has 0 fully saturated rings. The molecule has 0 aliphatic heterocycles. The van der Waals surface area contributed by atoms with Gasteiger partial charge in [0.2, 0.25) is 0 Å². The van der Waals surface area contributed by atoms with E-state index in [1.165, 1.54) is 6.92 Å². The first-order valence-corrected chi connectivity index (χ1v) is 6.33. The fraction of sp³-hybridized carbons (Fsp3) is 0.714. The van der Waals surface area contributed by atoms with E-state index in [1.54, 1.807) is 6.21 Å². The summed E-state index contributed by atoms with van der Waals surface area (Å²) in [4.78, 5) is 10.5. The predicted octanol–water partition coefficient (Wildman–Crippen LogP) is 3.40. The molecule has 0 aliphatic rings. The molecule has 0 amide bonds. The largest absolute Gasteiger partial charge is 0.462 e. The highest BCUT2D eigenvalue weighted by molar-refractivity contribution is 5.65. The number of nitrogens with zero attached hydrogens (tertiary/aromatic N) is 1. The lowest BCUT2D eigenvalue weighted by Crippen LogP contribution is -2.16. The Morgan fingerprint density at radius 2 is 2.11 bits per heavy atom. The van der Waals surface area contributed by atoms with Crippen LogP contribution in [0.15, 0.2) is 17.3 Å². The number of hydrogen-bond acceptors (Lipinski definition) is 4. The van der Waals surface area contributed by atoms with E-state index in [2.05, 4.69) is 19.0 Å². The van der Waals surface area contributed by atoms with Crippen molar-refractivity contribution in [3.05, 3.63) is 12.2 Å². The van der Waals surface area contributed by atoms with Crippen LogP contribution in [-0.2, 0) is 9.53 Å². The first-order valence-electron chi connectivity index (χ1n) is 6.33. The normalized spacial score (nSPS) is 14.2. The molecule has 0 bridgehead atoms. The van der Waals surface area contributed by atoms with Crippen molar-refractivity contribution >= 4 is 12.2 Å². The Hall–Kier alpha value is -1.32. The van der Waals surface area contributed by atoms with Crippen molar-refractivity contribution in [3.63, 3.8) is 0 Å². The molecule has 0 aromatic heterocycles. The van der Waals surface area contributed by atoms with Gasteiger partial charge in [-0.1, -0.05) is 32.9 Å². The van der Waals surface area contributed by atoms with Gasteiger partial charge in [-0.05, 0) is 30.6 Å². The van der Waals surface area contributed by atoms with Gasteiger partial charge in [-0.3, -0.25) is 4.79 Å². The molecule has 0 saturated heterocycles. The van der Waals surface area contributed by atoms with Gasteiger partial charge in [0.25, 0.3) is 0 Å². The second kappa shape index (κ2) is 8.72. The minimum atomic E-state index is -0.253. The van der Waals surface area contributed by atoms with Gasteiger partial charge in [0.05, 0.1) is 0 Å². The number of oxime groups is 1. The maximum Gasteiger partial charge on any atom is 0.302 e. The van der Waals surface area contributed by atoms with Crippen LogP contribution >= 0.6 is 0 Å². The third-order valence-corrected chi connectivity index (χ3v) is 2.73. The van der Waals surface area contributed by atoms with Crippen molar-refractivity contribution in [1.29, 1.82) is 0 Å². The van der Waals surface area contributed by atoms with Crippen molar-refractivity contribution in [2.45, 2.75) is 47.0 Å². The number of rotatable bonds is 8. The Morgan fingerprint density at radius 3 is 2.67 bits per heavy atom. The zero-order valence-corrected chi connectivity index (χ0v) is 11.8. The number of ether oxygens (including phenoxy) is 1. The molecule has 0 spiro atoms. The van der Waals surface area contributed by atoms with Gasteiger partial charge in [0.1, 0.15) is 6.61 Å². The highest BCUT2D eigenvalue weighted by atomic mass is 16.5. The Labute approximate surface area is 110 Å². The summed E-state index contributed by atoms with van der Waals surface area (Å²) in [6.07, 6.45) is 8.46. The Morgan fingerprint density at radius 1 is 1.44 bits per heavy atom. The van der Waals surface area contributed by atoms with Crippen LogP contribution in [0.3, 0.4) is 0 Å². The molecule has 0 heterocycles. The van der Waals surface area contributed by atoms with Crippen molar-refractivity contribution in [1.82, 2.24) is 0 Å². The minimum absolute atomic E-state index is 0.201. The first-order chi connectivity index (χ1) is 8.37. The van der Waals surface area contributed by atoms with E-state index in [1.807, 2.05) is 19.1 Å². The van der Waals surface area contributed by atoms with Crippen LogP contribution in [0.2, 0.25) is 0 Å². The Balaban J connectivity index is 3.85. The molecular formula is C14H25NO3. The van der Waals surface area contributed by atoms with Crippen molar-refractivity contribution < 1.29 is 14.7 Å². The zero-order valence-electron chi connectivity index (χ0n) is 11.8. The van der Waals surface area contributed by atoms with Crippen LogP contribution in [-0.4, -0.2) is 24.0 Å². The molecular weight excluding hydrogens is 230 g/mol. The first kappa shape index (κ1) is 16.7. The standard InChI is InChI=1S/C14H25NO3/c1-12(11-15-17)10-14(3,4)8-6-5-7-9-18-13(2)16/h5,7,11-12,17H,6,8-10H2,1-4H3/b7-5+,15-11+. The van der Waals surface area contributed by atoms with Crippen LogP contribution < -0.4 is 0 Å². The van der Waals surface area contributed by atoms with E-state index < -0.39 is 0 Å². The Kier molecular flexibility index (Phi) is 8.08. The summed E-state index contributed by atoms with van der Waals surface area (Å²) in [5, 5.41) is 11.5. The second-order valence-corrected chi connectivity index (χ2v) is 5.42. The fourth-order valence-electron chi connectivity index (χ4n) is 1.97. The quantitative estimate of drug-likeness (QED) is 0.238. The van der Waals surface area contributed by atoms with E-state index in [0.717, 1.165) is 19.3 Å². The van der Waals surface area contributed by atoms with E-state index in [-0.39, 0.29) is 17.3 Å². The lowest BCUT2D eigenvalue weighted by Gasteiger charge is -2.25. The molecule has 104 valence electrons. The summed E-state index contributed by atoms with van der Waals surface area (Å²) >= 11 is 0. The molecule has 4 nitrogen and oxygen atoms in total. The highest BCUT2D eigenvalue weighted by Gasteiger charge is 2.19. The maximum absolute atomic E-state index is 10.5. The predicted molar refractivity (Wildman–Crippen MR) is 72.8 cm³/mol. The van der Waals surface area contributed by atoms with Crippen LogP contribution in [0, 0.1) is 11.3 Å². The average molecular weight is 255 g/mol. The zero-order chi connectivity index (χ0) is 14.0. The molecule has 0 aromatic rings. The van der Waals surface area contributed by atoms with Gasteiger partial charge in [0.15, 0.2) is 0 Å². The molecule has 0 aliphatic carbocycles. The number of carbonyl (C=O) groups excluding carboxylic acids is 1. The van der Waals surface area contributed by atoms with E-state index in [9.17, 15) is 4.79 Å². The number of carbonyl (C=O) groups is 1. The van der Waals surface area contributed by atoms with Crippen LogP contribution in [0.25, 0.3) is 0 Å². The summed E-state index contributed by atoms with van der Waals surface area (Å²) in [6.45, 7) is 8.20. The lowest BCUT2D eigenvalue weighted by atomic mass is 9.80. The number of allylic oxidation sites excluding steroid dienone is 1. The van der Waals surface area contributed by atoms with Crippen LogP contribution in [0.5, 0.6) is 0 Å². The molecule has 0 aromatic carbocycles. The number of esters is 1. The minimum Gasteiger partial charge on any atom is -0.462 e. The third kappa shape index (κ3) is 9.87. The average Bonchev–Trinajstić information content (AvgIpc) is 2.22. The molecule has 0 radical (unpaired) electrons. The van der Waals surface area contributed by atoms with Gasteiger partial charge >= 0.3 is 5.97 Å². The van der Waals surface area contributed by atoms with Gasteiger partial charge in [-0.25, -0.2) is 0 Å². The van der Waals surface area contributed by atoms with E-state index in [4.69, 9.17) is 9.94 Å². The van der Waals surface area contributed by atoms with Crippen molar-refractivity contribution in [2.75, 3.05) is 6.61 Å². The molecule has 1 atom stereocenters. The van der Waals surface area contributed by atoms with Crippen molar-refractivity contribution in [2.24, 2.45) is 16.5 Å². The van der Waals surface area contributed by atoms with Gasteiger partial charge in [-0.2, -0.15) is 0 Å². The Bertz CT molecular complexity index is 295. The SMILES string of the molecule is CC(=O)OC/C=C/CCC(C)(C)CC(C)/C=N/O. The van der Waals surface area contributed by atoms with E-state index in [0.29, 0.717) is 6.61 Å². The van der Waals surface area contributed by atoms with Gasteiger partial charge in [0, 0.05) is 13.1 Å². The molecule has 0 saturated carbocycles.